The number of carbonyl (C=O) groups is 2. The topological polar surface area (TPSA) is 86.0 Å². The molecule has 166 valence electrons. The lowest BCUT2D eigenvalue weighted by Gasteiger charge is -2.39. The second-order valence-electron chi connectivity index (χ2n) is 8.84. The molecule has 2 fully saturated rings. The minimum atomic E-state index is -0.519. The maximum atomic E-state index is 12.7. The maximum absolute atomic E-state index is 12.7. The number of fused-ring (bicyclic) bond motifs is 1. The maximum Gasteiger partial charge on any atom is 0.336 e. The molecular formula is C24H29NO6. The van der Waals surface area contributed by atoms with Crippen LogP contribution in [0.2, 0.25) is 0 Å². The number of benzene rings is 1. The second kappa shape index (κ2) is 8.73. The number of likely N-dealkylation sites (tertiary alicyclic amines) is 1. The first-order valence-corrected chi connectivity index (χ1v) is 10.9. The molecule has 0 radical (unpaired) electrons. The van der Waals surface area contributed by atoms with Crippen LogP contribution in [0.4, 0.5) is 0 Å². The van der Waals surface area contributed by atoms with Crippen LogP contribution in [0.25, 0.3) is 11.0 Å². The van der Waals surface area contributed by atoms with Gasteiger partial charge in [-0.2, -0.15) is 0 Å². The summed E-state index contributed by atoms with van der Waals surface area (Å²) >= 11 is 0. The van der Waals surface area contributed by atoms with Gasteiger partial charge in [0.15, 0.2) is 0 Å². The number of hydrogen-bond donors (Lipinski definition) is 0. The number of amides is 1. The Bertz CT molecular complexity index is 1040. The Morgan fingerprint density at radius 3 is 2.77 bits per heavy atom. The molecule has 1 saturated carbocycles. The van der Waals surface area contributed by atoms with Gasteiger partial charge in [-0.3, -0.25) is 9.59 Å². The molecular weight excluding hydrogens is 398 g/mol. The predicted octanol–water partition coefficient (Wildman–Crippen LogP) is 3.52. The molecule has 1 amide bonds. The number of esters is 1. The molecule has 1 aliphatic carbocycles. The Kier molecular flexibility index (Phi) is 6.03. The third-order valence-electron chi connectivity index (χ3n) is 6.96. The molecule has 1 aliphatic heterocycles. The van der Waals surface area contributed by atoms with Gasteiger partial charge < -0.3 is 18.8 Å². The number of ether oxygens (including phenoxy) is 2. The van der Waals surface area contributed by atoms with E-state index in [4.69, 9.17) is 13.9 Å². The second-order valence-corrected chi connectivity index (χ2v) is 8.84. The molecule has 0 N–H and O–H groups in total. The highest BCUT2D eigenvalue weighted by Gasteiger charge is 2.42. The summed E-state index contributed by atoms with van der Waals surface area (Å²) in [6.07, 6.45) is 3.49. The van der Waals surface area contributed by atoms with Gasteiger partial charge in [-0.15, -0.1) is 0 Å². The summed E-state index contributed by atoms with van der Waals surface area (Å²) in [7, 11) is 1.53. The van der Waals surface area contributed by atoms with Gasteiger partial charge in [0.1, 0.15) is 17.9 Å². The van der Waals surface area contributed by atoms with Crippen LogP contribution in [-0.4, -0.2) is 36.5 Å². The first kappa shape index (κ1) is 21.4. The van der Waals surface area contributed by atoms with E-state index in [0.29, 0.717) is 40.7 Å². The van der Waals surface area contributed by atoms with Gasteiger partial charge in [-0.1, -0.05) is 26.7 Å². The van der Waals surface area contributed by atoms with Crippen LogP contribution in [-0.2, 0) is 20.9 Å². The van der Waals surface area contributed by atoms with Gasteiger partial charge in [-0.25, -0.2) is 4.79 Å². The lowest BCUT2D eigenvalue weighted by molar-refractivity contribution is -0.149. The summed E-state index contributed by atoms with van der Waals surface area (Å²) in [6, 6.07) is 6.69. The molecule has 4 atom stereocenters. The molecule has 2 aliphatic rings. The third kappa shape index (κ3) is 4.31. The van der Waals surface area contributed by atoms with Gasteiger partial charge in [0.05, 0.1) is 13.0 Å². The van der Waals surface area contributed by atoms with Gasteiger partial charge in [0.2, 0.25) is 5.91 Å². The van der Waals surface area contributed by atoms with Crippen LogP contribution in [0.15, 0.2) is 33.5 Å². The van der Waals surface area contributed by atoms with E-state index in [2.05, 4.69) is 13.8 Å². The summed E-state index contributed by atoms with van der Waals surface area (Å²) in [4.78, 5) is 39.2. The molecule has 1 aromatic heterocycles. The van der Waals surface area contributed by atoms with Crippen molar-refractivity contribution in [2.75, 3.05) is 13.7 Å². The molecule has 31 heavy (non-hydrogen) atoms. The summed E-state index contributed by atoms with van der Waals surface area (Å²) < 4.78 is 15.9. The van der Waals surface area contributed by atoms with E-state index in [1.165, 1.54) is 19.6 Å². The SMILES string of the molecule is COc1ccc2c(COC(=O)[C@@H]3CC(=O)N([C@@H]4CCC[C@H](C)[C@H]4C)C3)cc(=O)oc2c1. The fourth-order valence-electron chi connectivity index (χ4n) is 4.93. The van der Waals surface area contributed by atoms with Crippen molar-refractivity contribution in [3.8, 4) is 5.75 Å². The van der Waals surface area contributed by atoms with Crippen LogP contribution in [0.3, 0.4) is 0 Å². The zero-order valence-corrected chi connectivity index (χ0v) is 18.3. The summed E-state index contributed by atoms with van der Waals surface area (Å²) in [6.45, 7) is 4.80. The Hall–Kier alpha value is -2.83. The average molecular weight is 427 g/mol. The summed E-state index contributed by atoms with van der Waals surface area (Å²) in [5, 5.41) is 0.683. The third-order valence-corrected chi connectivity index (χ3v) is 6.96. The van der Waals surface area contributed by atoms with Crippen LogP contribution >= 0.6 is 0 Å². The van der Waals surface area contributed by atoms with Crippen molar-refractivity contribution < 1.29 is 23.5 Å². The zero-order valence-electron chi connectivity index (χ0n) is 18.3. The molecule has 1 saturated heterocycles. The van der Waals surface area contributed by atoms with Gasteiger partial charge in [0, 0.05) is 42.1 Å². The normalized spacial score (nSPS) is 26.3. The minimum Gasteiger partial charge on any atom is -0.497 e. The first-order valence-electron chi connectivity index (χ1n) is 10.9. The van der Waals surface area contributed by atoms with E-state index >= 15 is 0 Å². The van der Waals surface area contributed by atoms with E-state index in [-0.39, 0.29) is 25.0 Å². The fourth-order valence-corrected chi connectivity index (χ4v) is 4.93. The highest BCUT2D eigenvalue weighted by atomic mass is 16.5. The zero-order chi connectivity index (χ0) is 22.1. The van der Waals surface area contributed by atoms with Crippen LogP contribution in [0, 0.1) is 17.8 Å². The molecule has 1 aromatic carbocycles. The molecule has 0 spiro atoms. The molecule has 2 aromatic rings. The van der Waals surface area contributed by atoms with Crippen molar-refractivity contribution >= 4 is 22.8 Å². The smallest absolute Gasteiger partial charge is 0.336 e. The van der Waals surface area contributed by atoms with E-state index in [0.717, 1.165) is 12.8 Å². The van der Waals surface area contributed by atoms with E-state index in [1.54, 1.807) is 18.2 Å². The summed E-state index contributed by atoms with van der Waals surface area (Å²) in [5.74, 6) is 0.741. The molecule has 0 unspecified atom stereocenters. The van der Waals surface area contributed by atoms with Crippen LogP contribution in [0.5, 0.6) is 5.75 Å². The molecule has 0 bridgehead atoms. The highest BCUT2D eigenvalue weighted by Crippen LogP contribution is 2.36. The van der Waals surface area contributed by atoms with Gasteiger partial charge in [-0.05, 0) is 30.4 Å². The number of hydrogen-bond acceptors (Lipinski definition) is 6. The molecule has 2 heterocycles. The Balaban J connectivity index is 1.44. The molecule has 4 rings (SSSR count). The Morgan fingerprint density at radius 1 is 1.19 bits per heavy atom. The fraction of sp³-hybridized carbons (Fsp3) is 0.542. The van der Waals surface area contributed by atoms with Crippen molar-refractivity contribution in [2.45, 2.75) is 52.2 Å². The minimum absolute atomic E-state index is 0.0331. The van der Waals surface area contributed by atoms with Crippen molar-refractivity contribution in [1.82, 2.24) is 4.90 Å². The first-order chi connectivity index (χ1) is 14.9. The lowest BCUT2D eigenvalue weighted by Crippen LogP contribution is -2.45. The number of rotatable bonds is 5. The van der Waals surface area contributed by atoms with Crippen molar-refractivity contribution in [3.63, 3.8) is 0 Å². The average Bonchev–Trinajstić information content (AvgIpc) is 3.14. The van der Waals surface area contributed by atoms with E-state index in [9.17, 15) is 14.4 Å². The summed E-state index contributed by atoms with van der Waals surface area (Å²) in [5.41, 5.74) is 0.424. The predicted molar refractivity (Wildman–Crippen MR) is 115 cm³/mol. The van der Waals surface area contributed by atoms with Crippen molar-refractivity contribution in [3.05, 3.63) is 40.2 Å². The number of carbonyl (C=O) groups excluding carboxylic acids is 2. The Labute approximate surface area is 181 Å². The standard InChI is InChI=1S/C24H29NO6/c1-14-5-4-6-20(15(14)2)25-12-16(9-22(25)26)24(28)30-13-17-10-23(27)31-21-11-18(29-3)7-8-19(17)21/h7-8,10-11,14-16,20H,4-6,9,12-13H2,1-3H3/t14-,15+,16+,20+/m0/s1. The molecule has 7 nitrogen and oxygen atoms in total. The number of nitrogens with zero attached hydrogens (tertiary/aromatic N) is 1. The van der Waals surface area contributed by atoms with E-state index < -0.39 is 17.5 Å². The molecule has 7 heteroatoms. The van der Waals surface area contributed by atoms with E-state index in [1.807, 2.05) is 4.90 Å². The lowest BCUT2D eigenvalue weighted by atomic mass is 9.77. The van der Waals surface area contributed by atoms with Crippen molar-refractivity contribution in [2.24, 2.45) is 17.8 Å². The van der Waals surface area contributed by atoms with Gasteiger partial charge in [0.25, 0.3) is 0 Å². The van der Waals surface area contributed by atoms with Crippen LogP contribution in [0.1, 0.15) is 45.1 Å². The Morgan fingerprint density at radius 2 is 2.00 bits per heavy atom. The number of methoxy groups -OCH3 is 1. The monoisotopic (exact) mass is 427 g/mol. The van der Waals surface area contributed by atoms with Crippen molar-refractivity contribution in [1.29, 1.82) is 0 Å². The largest absolute Gasteiger partial charge is 0.497 e. The van der Waals surface area contributed by atoms with Crippen LogP contribution < -0.4 is 10.4 Å². The van der Waals surface area contributed by atoms with Gasteiger partial charge >= 0.3 is 11.6 Å². The highest BCUT2D eigenvalue weighted by molar-refractivity contribution is 5.87. The quantitative estimate of drug-likeness (QED) is 0.536.